The summed E-state index contributed by atoms with van der Waals surface area (Å²) in [6.45, 7) is 0.235. The molecule has 0 bridgehead atoms. The third kappa shape index (κ3) is 3.28. The maximum atomic E-state index is 11.6. The molecule has 2 N–H and O–H groups in total. The first-order chi connectivity index (χ1) is 7.90. The minimum Gasteiger partial charge on any atom is -0.495 e. The first-order valence-electron chi connectivity index (χ1n) is 5.01. The van der Waals surface area contributed by atoms with Gasteiger partial charge in [0.15, 0.2) is 15.6 Å². The van der Waals surface area contributed by atoms with E-state index in [1.54, 1.807) is 0 Å². The Morgan fingerprint density at radius 2 is 2.06 bits per heavy atom. The highest BCUT2D eigenvalue weighted by Gasteiger charge is 2.17. The van der Waals surface area contributed by atoms with Crippen molar-refractivity contribution in [1.29, 1.82) is 0 Å². The first-order valence-corrected chi connectivity index (χ1v) is 6.90. The Morgan fingerprint density at radius 1 is 1.41 bits per heavy atom. The quantitative estimate of drug-likeness (QED) is 0.782. The molecule has 1 aromatic rings. The molecular weight excluding hydrogens is 242 g/mol. The van der Waals surface area contributed by atoms with Crippen LogP contribution in [0.2, 0.25) is 0 Å². The smallest absolute Gasteiger partial charge is 0.179 e. The molecule has 0 atom stereocenters. The second kappa shape index (κ2) is 5.29. The van der Waals surface area contributed by atoms with E-state index in [1.807, 2.05) is 0 Å². The van der Waals surface area contributed by atoms with Crippen LogP contribution in [0.1, 0.15) is 16.8 Å². The number of ether oxygens (including phenoxy) is 1. The Morgan fingerprint density at radius 3 is 2.53 bits per heavy atom. The van der Waals surface area contributed by atoms with E-state index in [-0.39, 0.29) is 29.4 Å². The molecule has 0 radical (unpaired) electrons. The molecule has 6 heteroatoms. The molecule has 17 heavy (non-hydrogen) atoms. The highest BCUT2D eigenvalue weighted by atomic mass is 32.2. The Balaban J connectivity index is 3.28. The van der Waals surface area contributed by atoms with E-state index in [2.05, 4.69) is 0 Å². The van der Waals surface area contributed by atoms with E-state index in [9.17, 15) is 13.2 Å². The fourth-order valence-corrected chi connectivity index (χ4v) is 2.27. The Kier molecular flexibility index (Phi) is 4.25. The Bertz CT molecular complexity index is 522. The highest BCUT2D eigenvalue weighted by Crippen LogP contribution is 2.25. The summed E-state index contributed by atoms with van der Waals surface area (Å²) in [5.74, 6) is 0.0526. The molecule has 0 aromatic heterocycles. The normalized spacial score (nSPS) is 11.2. The zero-order chi connectivity index (χ0) is 13.1. The van der Waals surface area contributed by atoms with Crippen LogP contribution >= 0.6 is 0 Å². The van der Waals surface area contributed by atoms with Crippen LogP contribution in [0.15, 0.2) is 23.1 Å². The van der Waals surface area contributed by atoms with Crippen LogP contribution < -0.4 is 10.5 Å². The predicted molar refractivity (Wildman–Crippen MR) is 64.1 cm³/mol. The Hall–Kier alpha value is -1.40. The number of sulfone groups is 1. The molecule has 0 heterocycles. The number of nitrogens with two attached hydrogens (primary N) is 1. The van der Waals surface area contributed by atoms with Gasteiger partial charge in [0.1, 0.15) is 10.6 Å². The minimum atomic E-state index is -3.43. The second-order valence-electron chi connectivity index (χ2n) is 3.60. The largest absolute Gasteiger partial charge is 0.495 e. The minimum absolute atomic E-state index is 0.0165. The lowest BCUT2D eigenvalue weighted by atomic mass is 10.1. The summed E-state index contributed by atoms with van der Waals surface area (Å²) >= 11 is 0. The summed E-state index contributed by atoms with van der Waals surface area (Å²) < 4.78 is 28.0. The van der Waals surface area contributed by atoms with Gasteiger partial charge in [-0.1, -0.05) is 0 Å². The summed E-state index contributed by atoms with van der Waals surface area (Å²) in [5, 5.41) is 0. The van der Waals surface area contributed by atoms with E-state index in [0.29, 0.717) is 5.56 Å². The van der Waals surface area contributed by atoms with Gasteiger partial charge in [-0.05, 0) is 24.7 Å². The molecule has 0 amide bonds. The van der Waals surface area contributed by atoms with E-state index in [0.717, 1.165) is 6.26 Å². The second-order valence-corrected chi connectivity index (χ2v) is 5.58. The maximum absolute atomic E-state index is 11.6. The molecule has 94 valence electrons. The van der Waals surface area contributed by atoms with Crippen LogP contribution in [0.5, 0.6) is 5.75 Å². The van der Waals surface area contributed by atoms with Gasteiger partial charge in [0.25, 0.3) is 0 Å². The van der Waals surface area contributed by atoms with Gasteiger partial charge in [-0.2, -0.15) is 0 Å². The van der Waals surface area contributed by atoms with Gasteiger partial charge in [0.05, 0.1) is 7.11 Å². The van der Waals surface area contributed by atoms with Gasteiger partial charge in [0, 0.05) is 18.2 Å². The fourth-order valence-electron chi connectivity index (χ4n) is 1.42. The molecule has 0 saturated heterocycles. The van der Waals surface area contributed by atoms with Gasteiger partial charge in [0.2, 0.25) is 0 Å². The third-order valence-electron chi connectivity index (χ3n) is 2.26. The average molecular weight is 257 g/mol. The maximum Gasteiger partial charge on any atom is 0.179 e. The standard InChI is InChI=1S/C11H15NO4S/c1-16-10-4-3-8(9(13)5-6-12)7-11(10)17(2,14)15/h3-4,7H,5-6,12H2,1-2H3. The molecule has 0 aliphatic carbocycles. The molecule has 0 unspecified atom stereocenters. The summed E-state index contributed by atoms with van der Waals surface area (Å²) in [5.41, 5.74) is 5.61. The first kappa shape index (κ1) is 13.7. The van der Waals surface area contributed by atoms with Crippen LogP contribution in [-0.4, -0.2) is 34.1 Å². The van der Waals surface area contributed by atoms with Gasteiger partial charge < -0.3 is 10.5 Å². The molecule has 1 rings (SSSR count). The van der Waals surface area contributed by atoms with Crippen molar-refractivity contribution in [3.63, 3.8) is 0 Å². The molecule has 0 spiro atoms. The van der Waals surface area contributed by atoms with Gasteiger partial charge in [-0.25, -0.2) is 8.42 Å². The molecule has 0 saturated carbocycles. The number of rotatable bonds is 5. The number of hydrogen-bond donors (Lipinski definition) is 1. The van der Waals surface area contributed by atoms with Gasteiger partial charge in [-0.3, -0.25) is 4.79 Å². The molecule has 1 aromatic carbocycles. The van der Waals surface area contributed by atoms with Crippen molar-refractivity contribution in [1.82, 2.24) is 0 Å². The molecular formula is C11H15NO4S. The van der Waals surface area contributed by atoms with Gasteiger partial charge >= 0.3 is 0 Å². The summed E-state index contributed by atoms with van der Waals surface area (Å²) in [6.07, 6.45) is 1.26. The lowest BCUT2D eigenvalue weighted by Crippen LogP contribution is -2.09. The van der Waals surface area contributed by atoms with Crippen molar-refractivity contribution in [2.45, 2.75) is 11.3 Å². The van der Waals surface area contributed by atoms with E-state index in [1.165, 1.54) is 25.3 Å². The zero-order valence-electron chi connectivity index (χ0n) is 9.76. The number of hydrogen-bond acceptors (Lipinski definition) is 5. The number of benzene rings is 1. The highest BCUT2D eigenvalue weighted by molar-refractivity contribution is 7.90. The van der Waals surface area contributed by atoms with E-state index in [4.69, 9.17) is 10.5 Å². The topological polar surface area (TPSA) is 86.5 Å². The monoisotopic (exact) mass is 257 g/mol. The average Bonchev–Trinajstić information content (AvgIpc) is 2.27. The number of carbonyl (C=O) groups excluding carboxylic acids is 1. The van der Waals surface area contributed by atoms with Crippen molar-refractivity contribution >= 4 is 15.6 Å². The van der Waals surface area contributed by atoms with Crippen molar-refractivity contribution in [3.05, 3.63) is 23.8 Å². The van der Waals surface area contributed by atoms with Crippen LogP contribution in [0.3, 0.4) is 0 Å². The van der Waals surface area contributed by atoms with Crippen molar-refractivity contribution in [2.75, 3.05) is 19.9 Å². The summed E-state index contributed by atoms with van der Waals surface area (Å²) in [4.78, 5) is 11.6. The van der Waals surface area contributed by atoms with Gasteiger partial charge in [-0.15, -0.1) is 0 Å². The predicted octanol–water partition coefficient (Wildman–Crippen LogP) is 0.630. The van der Waals surface area contributed by atoms with E-state index >= 15 is 0 Å². The van der Waals surface area contributed by atoms with Crippen LogP contribution in [0, 0.1) is 0 Å². The number of methoxy groups -OCH3 is 1. The lowest BCUT2D eigenvalue weighted by molar-refractivity contribution is 0.0985. The molecule has 0 fully saturated rings. The summed E-state index contributed by atoms with van der Waals surface area (Å²) in [6, 6.07) is 4.33. The number of ketones is 1. The van der Waals surface area contributed by atoms with Crippen LogP contribution in [-0.2, 0) is 9.84 Å². The van der Waals surface area contributed by atoms with Crippen molar-refractivity contribution in [2.24, 2.45) is 5.73 Å². The molecule has 5 nitrogen and oxygen atoms in total. The summed E-state index contributed by atoms with van der Waals surface area (Å²) in [7, 11) is -2.04. The third-order valence-corrected chi connectivity index (χ3v) is 3.37. The lowest BCUT2D eigenvalue weighted by Gasteiger charge is -2.08. The van der Waals surface area contributed by atoms with Crippen molar-refractivity contribution in [3.8, 4) is 5.75 Å². The SMILES string of the molecule is COc1ccc(C(=O)CCN)cc1S(C)(=O)=O. The zero-order valence-corrected chi connectivity index (χ0v) is 10.6. The molecule has 0 aliphatic heterocycles. The fraction of sp³-hybridized carbons (Fsp3) is 0.364. The van der Waals surface area contributed by atoms with E-state index < -0.39 is 9.84 Å². The number of carbonyl (C=O) groups is 1. The van der Waals surface area contributed by atoms with Crippen LogP contribution in [0.4, 0.5) is 0 Å². The Labute approximate surface area is 100 Å². The van der Waals surface area contributed by atoms with Crippen LogP contribution in [0.25, 0.3) is 0 Å². The number of Topliss-reactive ketones (excluding diaryl/α,β-unsaturated/α-hetero) is 1. The van der Waals surface area contributed by atoms with Crippen molar-refractivity contribution < 1.29 is 17.9 Å². The molecule has 0 aliphatic rings.